The monoisotopic (exact) mass is 276 g/mol. The normalized spacial score (nSPS) is 12.1. The highest BCUT2D eigenvalue weighted by Crippen LogP contribution is 2.32. The van der Waals surface area contributed by atoms with Crippen LogP contribution in [-0.2, 0) is 4.79 Å². The van der Waals surface area contributed by atoms with Gasteiger partial charge in [0, 0.05) is 5.56 Å². The predicted molar refractivity (Wildman–Crippen MR) is 71.2 cm³/mol. The Labute approximate surface area is 114 Å². The zero-order valence-corrected chi connectivity index (χ0v) is 10.7. The van der Waals surface area contributed by atoms with Gasteiger partial charge in [0.15, 0.2) is 11.5 Å². The third-order valence-corrected chi connectivity index (χ3v) is 3.15. The quantitative estimate of drug-likeness (QED) is 0.753. The van der Waals surface area contributed by atoms with Gasteiger partial charge in [-0.2, -0.15) is 0 Å². The first-order valence-corrected chi connectivity index (χ1v) is 5.94. The van der Waals surface area contributed by atoms with E-state index in [1.165, 1.54) is 37.3 Å². The maximum atomic E-state index is 14.1. The average molecular weight is 276 g/mol. The molecule has 0 amide bonds. The highest BCUT2D eigenvalue weighted by Gasteiger charge is 2.16. The van der Waals surface area contributed by atoms with Crippen molar-refractivity contribution in [3.63, 3.8) is 0 Å². The van der Waals surface area contributed by atoms with Crippen LogP contribution in [0, 0.1) is 5.82 Å². The lowest BCUT2D eigenvalue weighted by Crippen LogP contribution is -2.07. The number of halogens is 1. The van der Waals surface area contributed by atoms with Crippen molar-refractivity contribution in [2.24, 2.45) is 0 Å². The molecule has 0 bridgehead atoms. The Morgan fingerprint density at radius 1 is 1.10 bits per heavy atom. The first kappa shape index (κ1) is 13.9. The molecule has 0 saturated heterocycles. The van der Waals surface area contributed by atoms with Gasteiger partial charge in [-0.25, -0.2) is 4.39 Å². The van der Waals surface area contributed by atoms with Gasteiger partial charge in [-0.15, -0.1) is 0 Å². The summed E-state index contributed by atoms with van der Waals surface area (Å²) < 4.78 is 14.1. The summed E-state index contributed by atoms with van der Waals surface area (Å²) in [6.45, 7) is 1.48. The molecule has 2 aromatic rings. The lowest BCUT2D eigenvalue weighted by atomic mass is 9.97. The van der Waals surface area contributed by atoms with E-state index in [4.69, 9.17) is 5.11 Å². The number of aliphatic carboxylic acids is 1. The molecule has 0 aliphatic carbocycles. The number of benzene rings is 2. The van der Waals surface area contributed by atoms with Crippen molar-refractivity contribution in [2.45, 2.75) is 12.8 Å². The number of carbonyl (C=O) groups is 1. The Kier molecular flexibility index (Phi) is 3.61. The molecule has 0 spiro atoms. The predicted octanol–water partition coefficient (Wildman–Crippen LogP) is 3.09. The molecular weight excluding hydrogens is 263 g/mol. The summed E-state index contributed by atoms with van der Waals surface area (Å²) >= 11 is 0. The Hall–Kier alpha value is -2.56. The van der Waals surface area contributed by atoms with Crippen LogP contribution in [0.3, 0.4) is 0 Å². The third kappa shape index (κ3) is 2.56. The number of carboxylic acid groups (broad SMARTS) is 1. The van der Waals surface area contributed by atoms with Gasteiger partial charge >= 0.3 is 5.97 Å². The number of phenols is 2. The lowest BCUT2D eigenvalue weighted by molar-refractivity contribution is -0.138. The summed E-state index contributed by atoms with van der Waals surface area (Å²) in [5.74, 6) is -3.04. The molecular formula is C15H13FO4. The summed E-state index contributed by atoms with van der Waals surface area (Å²) in [6.07, 6.45) is 0. The molecule has 0 aliphatic heterocycles. The van der Waals surface area contributed by atoms with Crippen molar-refractivity contribution < 1.29 is 24.5 Å². The maximum absolute atomic E-state index is 14.1. The zero-order valence-electron chi connectivity index (χ0n) is 10.7. The number of phenolic OH excluding ortho intramolecular Hbond substituents is 2. The van der Waals surface area contributed by atoms with Gasteiger partial charge in [-0.3, -0.25) is 4.79 Å². The van der Waals surface area contributed by atoms with Crippen LogP contribution in [0.5, 0.6) is 11.5 Å². The second kappa shape index (κ2) is 5.21. The maximum Gasteiger partial charge on any atom is 0.310 e. The fourth-order valence-electron chi connectivity index (χ4n) is 1.87. The smallest absolute Gasteiger partial charge is 0.310 e. The van der Waals surface area contributed by atoms with E-state index in [1.807, 2.05) is 0 Å². The molecule has 0 aromatic heterocycles. The lowest BCUT2D eigenvalue weighted by Gasteiger charge is -2.10. The molecule has 0 heterocycles. The van der Waals surface area contributed by atoms with Gasteiger partial charge in [-0.1, -0.05) is 18.2 Å². The van der Waals surface area contributed by atoms with E-state index >= 15 is 0 Å². The van der Waals surface area contributed by atoms with Crippen LogP contribution in [0.25, 0.3) is 11.1 Å². The highest BCUT2D eigenvalue weighted by atomic mass is 19.1. The minimum absolute atomic E-state index is 0.224. The Morgan fingerprint density at radius 2 is 1.80 bits per heavy atom. The van der Waals surface area contributed by atoms with Crippen LogP contribution >= 0.6 is 0 Å². The average Bonchev–Trinajstić information content (AvgIpc) is 2.41. The third-order valence-electron chi connectivity index (χ3n) is 3.15. The van der Waals surface area contributed by atoms with Gasteiger partial charge in [0.25, 0.3) is 0 Å². The molecule has 5 heteroatoms. The first-order chi connectivity index (χ1) is 9.40. The van der Waals surface area contributed by atoms with Crippen molar-refractivity contribution in [1.82, 2.24) is 0 Å². The molecule has 2 rings (SSSR count). The zero-order chi connectivity index (χ0) is 14.9. The standard InChI is InChI=1S/C15H13FO4/c1-8(15(19)20)9-2-4-11(12(16)6-9)10-3-5-13(17)14(18)7-10/h2-8,17-18H,1H3,(H,19,20)/t8-/m0/s1. The Balaban J connectivity index is 2.44. The van der Waals surface area contributed by atoms with Crippen LogP contribution in [0.4, 0.5) is 4.39 Å². The molecule has 0 radical (unpaired) electrons. The SMILES string of the molecule is C[C@H](C(=O)O)c1ccc(-c2ccc(O)c(O)c2)c(F)c1. The Bertz CT molecular complexity index is 667. The molecule has 104 valence electrons. The van der Waals surface area contributed by atoms with Crippen LogP contribution in [0.15, 0.2) is 36.4 Å². The molecule has 0 fully saturated rings. The van der Waals surface area contributed by atoms with Crippen LogP contribution in [-0.4, -0.2) is 21.3 Å². The molecule has 2 aromatic carbocycles. The molecule has 0 unspecified atom stereocenters. The second-order valence-electron chi connectivity index (χ2n) is 4.50. The molecule has 3 N–H and O–H groups in total. The Morgan fingerprint density at radius 3 is 2.35 bits per heavy atom. The van der Waals surface area contributed by atoms with Crippen LogP contribution in [0.2, 0.25) is 0 Å². The summed E-state index contributed by atoms with van der Waals surface area (Å²) in [4.78, 5) is 10.9. The molecule has 0 saturated carbocycles. The number of hydrogen-bond donors (Lipinski definition) is 3. The summed E-state index contributed by atoms with van der Waals surface area (Å²) in [6, 6.07) is 8.12. The van der Waals surface area contributed by atoms with Crippen molar-refractivity contribution in [2.75, 3.05) is 0 Å². The van der Waals surface area contributed by atoms with Crippen molar-refractivity contribution in [3.8, 4) is 22.6 Å². The van der Waals surface area contributed by atoms with Gasteiger partial charge in [0.2, 0.25) is 0 Å². The van der Waals surface area contributed by atoms with E-state index < -0.39 is 17.7 Å². The van der Waals surface area contributed by atoms with Gasteiger partial charge in [0.1, 0.15) is 5.82 Å². The van der Waals surface area contributed by atoms with E-state index in [1.54, 1.807) is 0 Å². The minimum Gasteiger partial charge on any atom is -0.504 e. The summed E-state index contributed by atoms with van der Waals surface area (Å²) in [5, 5.41) is 27.5. The van der Waals surface area contributed by atoms with E-state index in [9.17, 15) is 19.4 Å². The minimum atomic E-state index is -1.03. The van der Waals surface area contributed by atoms with Crippen LogP contribution in [0.1, 0.15) is 18.4 Å². The van der Waals surface area contributed by atoms with Crippen LogP contribution < -0.4 is 0 Å². The molecule has 20 heavy (non-hydrogen) atoms. The second-order valence-corrected chi connectivity index (χ2v) is 4.50. The van der Waals surface area contributed by atoms with Crippen molar-refractivity contribution in [3.05, 3.63) is 47.8 Å². The van der Waals surface area contributed by atoms with E-state index in [0.717, 1.165) is 6.07 Å². The topological polar surface area (TPSA) is 77.8 Å². The molecule has 4 nitrogen and oxygen atoms in total. The van der Waals surface area contributed by atoms with E-state index in [-0.39, 0.29) is 17.1 Å². The van der Waals surface area contributed by atoms with Gasteiger partial charge in [-0.05, 0) is 36.2 Å². The fourth-order valence-corrected chi connectivity index (χ4v) is 1.87. The number of rotatable bonds is 3. The van der Waals surface area contributed by atoms with Gasteiger partial charge < -0.3 is 15.3 Å². The first-order valence-electron chi connectivity index (χ1n) is 5.94. The summed E-state index contributed by atoms with van der Waals surface area (Å²) in [5.41, 5.74) is 0.982. The number of aromatic hydroxyl groups is 2. The highest BCUT2D eigenvalue weighted by molar-refractivity contribution is 5.76. The van der Waals surface area contributed by atoms with Crippen molar-refractivity contribution >= 4 is 5.97 Å². The fraction of sp³-hybridized carbons (Fsp3) is 0.133. The van der Waals surface area contributed by atoms with E-state index in [0.29, 0.717) is 11.1 Å². The molecule has 0 aliphatic rings. The summed E-state index contributed by atoms with van der Waals surface area (Å²) in [7, 11) is 0. The molecule has 1 atom stereocenters. The van der Waals surface area contributed by atoms with Gasteiger partial charge in [0.05, 0.1) is 5.92 Å². The number of carboxylic acids is 1. The largest absolute Gasteiger partial charge is 0.504 e. The van der Waals surface area contributed by atoms with Crippen molar-refractivity contribution in [1.29, 1.82) is 0 Å². The van der Waals surface area contributed by atoms with E-state index in [2.05, 4.69) is 0 Å². The number of hydrogen-bond acceptors (Lipinski definition) is 3.